The minimum Gasteiger partial charge on any atom is -0.369 e. The Labute approximate surface area is 87.9 Å². The minimum absolute atomic E-state index is 0.286. The number of hydrogen-bond acceptors (Lipinski definition) is 2. The highest BCUT2D eigenvalue weighted by Gasteiger charge is 1.94. The molecule has 76 valence electrons. The highest BCUT2D eigenvalue weighted by Crippen LogP contribution is 1.97. The summed E-state index contributed by atoms with van der Waals surface area (Å²) in [5.74, 6) is -0.286. The van der Waals surface area contributed by atoms with E-state index in [-0.39, 0.29) is 11.1 Å². The van der Waals surface area contributed by atoms with E-state index in [0.29, 0.717) is 6.42 Å². The van der Waals surface area contributed by atoms with Gasteiger partial charge in [-0.1, -0.05) is 30.3 Å². The molecule has 0 unspecified atom stereocenters. The SMILES string of the molecule is CC(=O)Cl.NC(=O)Cc1ccccc1. The number of primary amides is 1. The molecule has 0 heterocycles. The van der Waals surface area contributed by atoms with E-state index in [1.165, 1.54) is 6.92 Å². The predicted octanol–water partition coefficient (Wildman–Crippen LogP) is 1.49. The Bertz CT molecular complexity index is 294. The van der Waals surface area contributed by atoms with Gasteiger partial charge in [-0.15, -0.1) is 0 Å². The number of carbonyl (C=O) groups excluding carboxylic acids is 2. The van der Waals surface area contributed by atoms with Crippen molar-refractivity contribution in [1.29, 1.82) is 0 Å². The summed E-state index contributed by atoms with van der Waals surface area (Å²) in [4.78, 5) is 19.6. The normalized spacial score (nSPS) is 8.43. The Kier molecular flexibility index (Phi) is 6.41. The molecule has 1 aromatic carbocycles. The largest absolute Gasteiger partial charge is 0.369 e. The van der Waals surface area contributed by atoms with Crippen LogP contribution in [0.15, 0.2) is 30.3 Å². The van der Waals surface area contributed by atoms with Crippen molar-refractivity contribution < 1.29 is 9.59 Å². The summed E-state index contributed by atoms with van der Waals surface area (Å²) in [5.41, 5.74) is 5.95. The van der Waals surface area contributed by atoms with Crippen molar-refractivity contribution in [2.75, 3.05) is 0 Å². The van der Waals surface area contributed by atoms with Crippen LogP contribution in [0.5, 0.6) is 0 Å². The molecule has 4 heteroatoms. The van der Waals surface area contributed by atoms with Crippen LogP contribution in [0.25, 0.3) is 0 Å². The van der Waals surface area contributed by atoms with E-state index in [2.05, 4.69) is 11.6 Å². The number of amides is 1. The Hall–Kier alpha value is -1.35. The lowest BCUT2D eigenvalue weighted by Gasteiger charge is -1.93. The zero-order valence-corrected chi connectivity index (χ0v) is 8.62. The molecule has 0 saturated heterocycles. The van der Waals surface area contributed by atoms with Crippen LogP contribution < -0.4 is 5.73 Å². The average molecular weight is 214 g/mol. The van der Waals surface area contributed by atoms with E-state index in [1.54, 1.807) is 0 Å². The maximum atomic E-state index is 10.4. The van der Waals surface area contributed by atoms with Gasteiger partial charge in [0.05, 0.1) is 6.42 Å². The molecule has 0 aliphatic heterocycles. The lowest BCUT2D eigenvalue weighted by molar-refractivity contribution is -0.117. The lowest BCUT2D eigenvalue weighted by atomic mass is 10.1. The quantitative estimate of drug-likeness (QED) is 0.757. The van der Waals surface area contributed by atoms with Gasteiger partial charge in [0, 0.05) is 6.92 Å². The minimum atomic E-state index is -0.361. The third-order valence-electron chi connectivity index (χ3n) is 1.22. The molecular weight excluding hydrogens is 202 g/mol. The van der Waals surface area contributed by atoms with Crippen LogP contribution in [0.3, 0.4) is 0 Å². The fourth-order valence-corrected chi connectivity index (χ4v) is 0.797. The molecular formula is C10H12ClNO2. The Morgan fingerprint density at radius 2 is 1.71 bits per heavy atom. The summed E-state index contributed by atoms with van der Waals surface area (Å²) in [7, 11) is 0. The maximum absolute atomic E-state index is 10.4. The maximum Gasteiger partial charge on any atom is 0.221 e. The molecule has 1 aromatic rings. The van der Waals surface area contributed by atoms with Crippen LogP contribution in [-0.2, 0) is 16.0 Å². The van der Waals surface area contributed by atoms with E-state index < -0.39 is 0 Å². The fourth-order valence-electron chi connectivity index (χ4n) is 0.797. The van der Waals surface area contributed by atoms with E-state index >= 15 is 0 Å². The standard InChI is InChI=1S/C8H9NO.C2H3ClO/c9-8(10)6-7-4-2-1-3-5-7;1-2(3)4/h1-5H,6H2,(H2,9,10);1H3. The van der Waals surface area contributed by atoms with Gasteiger partial charge >= 0.3 is 0 Å². The Morgan fingerprint density at radius 3 is 2.07 bits per heavy atom. The molecule has 0 radical (unpaired) electrons. The molecule has 0 fully saturated rings. The topological polar surface area (TPSA) is 60.2 Å². The highest BCUT2D eigenvalue weighted by molar-refractivity contribution is 6.62. The van der Waals surface area contributed by atoms with Crippen molar-refractivity contribution in [2.45, 2.75) is 13.3 Å². The predicted molar refractivity (Wildman–Crippen MR) is 55.9 cm³/mol. The first kappa shape index (κ1) is 12.7. The molecule has 0 atom stereocenters. The third kappa shape index (κ3) is 8.74. The molecule has 2 N–H and O–H groups in total. The Morgan fingerprint density at radius 1 is 1.29 bits per heavy atom. The van der Waals surface area contributed by atoms with Crippen LogP contribution in [0.1, 0.15) is 12.5 Å². The van der Waals surface area contributed by atoms with Crippen molar-refractivity contribution in [3.8, 4) is 0 Å². The number of rotatable bonds is 2. The molecule has 1 amide bonds. The summed E-state index contributed by atoms with van der Waals surface area (Å²) in [6.07, 6.45) is 0.334. The number of benzene rings is 1. The molecule has 0 aromatic heterocycles. The molecule has 0 aliphatic rings. The number of nitrogens with two attached hydrogens (primary N) is 1. The zero-order chi connectivity index (χ0) is 11.0. The lowest BCUT2D eigenvalue weighted by Crippen LogP contribution is -2.13. The smallest absolute Gasteiger partial charge is 0.221 e. The summed E-state index contributed by atoms with van der Waals surface area (Å²) in [6, 6.07) is 9.44. The monoisotopic (exact) mass is 213 g/mol. The van der Waals surface area contributed by atoms with Crippen molar-refractivity contribution >= 4 is 22.8 Å². The number of carbonyl (C=O) groups is 2. The summed E-state index contributed by atoms with van der Waals surface area (Å²) >= 11 is 4.64. The van der Waals surface area contributed by atoms with Gasteiger partial charge in [0.1, 0.15) is 0 Å². The molecule has 0 bridgehead atoms. The van der Waals surface area contributed by atoms with E-state index in [9.17, 15) is 9.59 Å². The highest BCUT2D eigenvalue weighted by atomic mass is 35.5. The second-order valence-electron chi connectivity index (χ2n) is 2.60. The molecule has 1 rings (SSSR count). The van der Waals surface area contributed by atoms with Crippen molar-refractivity contribution in [2.24, 2.45) is 5.73 Å². The number of hydrogen-bond donors (Lipinski definition) is 1. The third-order valence-corrected chi connectivity index (χ3v) is 1.22. The van der Waals surface area contributed by atoms with Gasteiger partial charge in [-0.3, -0.25) is 9.59 Å². The number of halogens is 1. The van der Waals surface area contributed by atoms with Crippen molar-refractivity contribution in [3.63, 3.8) is 0 Å². The van der Waals surface area contributed by atoms with Crippen molar-refractivity contribution in [3.05, 3.63) is 35.9 Å². The molecule has 3 nitrogen and oxygen atoms in total. The van der Waals surface area contributed by atoms with Crippen LogP contribution >= 0.6 is 11.6 Å². The second kappa shape index (κ2) is 7.09. The van der Waals surface area contributed by atoms with Crippen molar-refractivity contribution in [1.82, 2.24) is 0 Å². The average Bonchev–Trinajstić information content (AvgIpc) is 2.03. The van der Waals surface area contributed by atoms with E-state index in [1.807, 2.05) is 30.3 Å². The van der Waals surface area contributed by atoms with Gasteiger partial charge < -0.3 is 5.73 Å². The van der Waals surface area contributed by atoms with Crippen LogP contribution in [0.2, 0.25) is 0 Å². The van der Waals surface area contributed by atoms with Gasteiger partial charge in [-0.2, -0.15) is 0 Å². The van der Waals surface area contributed by atoms with Gasteiger partial charge in [-0.05, 0) is 17.2 Å². The zero-order valence-electron chi connectivity index (χ0n) is 7.87. The van der Waals surface area contributed by atoms with Gasteiger partial charge in [0.2, 0.25) is 11.1 Å². The van der Waals surface area contributed by atoms with E-state index in [4.69, 9.17) is 5.73 Å². The van der Waals surface area contributed by atoms with E-state index in [0.717, 1.165) is 5.56 Å². The molecule has 0 spiro atoms. The Balaban J connectivity index is 0.000000364. The summed E-state index contributed by atoms with van der Waals surface area (Å²) in [5, 5.41) is -0.361. The second-order valence-corrected chi connectivity index (χ2v) is 3.13. The summed E-state index contributed by atoms with van der Waals surface area (Å²) in [6.45, 7) is 1.29. The molecule has 0 aliphatic carbocycles. The molecule has 0 saturated carbocycles. The van der Waals surface area contributed by atoms with Gasteiger partial charge in [0.25, 0.3) is 0 Å². The first-order valence-corrected chi connectivity index (χ1v) is 4.38. The molecule has 14 heavy (non-hydrogen) atoms. The van der Waals surface area contributed by atoms with Crippen LogP contribution in [0.4, 0.5) is 0 Å². The van der Waals surface area contributed by atoms with Crippen LogP contribution in [0, 0.1) is 0 Å². The van der Waals surface area contributed by atoms with Gasteiger partial charge in [-0.25, -0.2) is 0 Å². The fraction of sp³-hybridized carbons (Fsp3) is 0.200. The first-order chi connectivity index (χ1) is 6.52. The van der Waals surface area contributed by atoms with Crippen LogP contribution in [-0.4, -0.2) is 11.1 Å². The van der Waals surface area contributed by atoms with Gasteiger partial charge in [0.15, 0.2) is 0 Å². The summed E-state index contributed by atoms with van der Waals surface area (Å²) < 4.78 is 0. The first-order valence-electron chi connectivity index (χ1n) is 4.00.